The van der Waals surface area contributed by atoms with Crippen LogP contribution in [0.3, 0.4) is 0 Å². The Hall–Kier alpha value is -1.83. The van der Waals surface area contributed by atoms with Crippen molar-refractivity contribution in [2.75, 3.05) is 5.32 Å². The highest BCUT2D eigenvalue weighted by atomic mass is 15.0. The molecule has 2 nitrogen and oxygen atoms in total. The maximum Gasteiger partial charge on any atom is 0.130 e. The predicted octanol–water partition coefficient (Wildman–Crippen LogP) is 3.44. The van der Waals surface area contributed by atoms with Gasteiger partial charge in [0, 0.05) is 11.9 Å². The zero-order chi connectivity index (χ0) is 10.7. The lowest BCUT2D eigenvalue weighted by atomic mass is 10.1. The summed E-state index contributed by atoms with van der Waals surface area (Å²) in [4.78, 5) is 4.23. The van der Waals surface area contributed by atoms with Crippen LogP contribution in [0.5, 0.6) is 0 Å². The maximum atomic E-state index is 4.23. The zero-order valence-electron chi connectivity index (χ0n) is 8.99. The van der Waals surface area contributed by atoms with E-state index in [0.717, 1.165) is 11.5 Å². The third-order valence-corrected chi connectivity index (χ3v) is 2.31. The summed E-state index contributed by atoms with van der Waals surface area (Å²) in [5, 5.41) is 3.29. The van der Waals surface area contributed by atoms with Gasteiger partial charge < -0.3 is 5.32 Å². The Balaban J connectivity index is 2.25. The number of aryl methyl sites for hydroxylation is 2. The minimum atomic E-state index is 0.879. The van der Waals surface area contributed by atoms with Crippen molar-refractivity contribution in [1.82, 2.24) is 4.98 Å². The molecule has 76 valence electrons. The summed E-state index contributed by atoms with van der Waals surface area (Å²) in [5.41, 5.74) is 3.62. The van der Waals surface area contributed by atoms with Crippen molar-refractivity contribution in [3.8, 4) is 0 Å². The van der Waals surface area contributed by atoms with Crippen molar-refractivity contribution in [1.29, 1.82) is 0 Å². The number of pyridine rings is 1. The third-order valence-electron chi connectivity index (χ3n) is 2.31. The largest absolute Gasteiger partial charge is 0.340 e. The molecule has 0 unspecified atom stereocenters. The number of rotatable bonds is 2. The van der Waals surface area contributed by atoms with Gasteiger partial charge in [-0.05, 0) is 37.6 Å². The summed E-state index contributed by atoms with van der Waals surface area (Å²) in [7, 11) is 0. The molecule has 2 aromatic rings. The van der Waals surface area contributed by atoms with E-state index >= 15 is 0 Å². The topological polar surface area (TPSA) is 24.9 Å². The molecule has 0 saturated heterocycles. The van der Waals surface area contributed by atoms with E-state index in [9.17, 15) is 0 Å². The van der Waals surface area contributed by atoms with E-state index in [0.29, 0.717) is 0 Å². The highest BCUT2D eigenvalue weighted by molar-refractivity contribution is 5.60. The Labute approximate surface area is 90.0 Å². The number of benzene rings is 1. The molecule has 0 bridgehead atoms. The van der Waals surface area contributed by atoms with Crippen LogP contribution in [0.1, 0.15) is 11.1 Å². The summed E-state index contributed by atoms with van der Waals surface area (Å²) in [6, 6.07) is 12.2. The Morgan fingerprint density at radius 2 is 1.93 bits per heavy atom. The average Bonchev–Trinajstić information content (AvgIpc) is 2.24. The quantitative estimate of drug-likeness (QED) is 0.799. The predicted molar refractivity (Wildman–Crippen MR) is 63.4 cm³/mol. The van der Waals surface area contributed by atoms with Crippen LogP contribution in [0.4, 0.5) is 11.5 Å². The molecule has 0 fully saturated rings. The highest BCUT2D eigenvalue weighted by Crippen LogP contribution is 2.19. The molecule has 1 aromatic carbocycles. The Bertz CT molecular complexity index is 449. The molecule has 0 saturated carbocycles. The van der Waals surface area contributed by atoms with Crippen molar-refractivity contribution in [2.24, 2.45) is 0 Å². The minimum absolute atomic E-state index is 0.879. The number of hydrogen-bond acceptors (Lipinski definition) is 2. The lowest BCUT2D eigenvalue weighted by Crippen LogP contribution is -1.95. The molecule has 1 heterocycles. The van der Waals surface area contributed by atoms with Gasteiger partial charge in [-0.3, -0.25) is 0 Å². The molecule has 0 amide bonds. The van der Waals surface area contributed by atoms with Crippen LogP contribution in [-0.4, -0.2) is 4.98 Å². The van der Waals surface area contributed by atoms with Crippen molar-refractivity contribution in [2.45, 2.75) is 13.8 Å². The van der Waals surface area contributed by atoms with Gasteiger partial charge in [0.2, 0.25) is 0 Å². The standard InChI is InChI=1S/C13H14N2/c1-10-6-7-12(11(2)9-10)15-13-5-3-4-8-14-13/h3-9H,1-2H3,(H,14,15). The number of nitrogens with zero attached hydrogens (tertiary/aromatic N) is 1. The van der Waals surface area contributed by atoms with Crippen LogP contribution >= 0.6 is 0 Å². The van der Waals surface area contributed by atoms with E-state index in [4.69, 9.17) is 0 Å². The second kappa shape index (κ2) is 4.13. The van der Waals surface area contributed by atoms with E-state index in [1.165, 1.54) is 11.1 Å². The molecule has 0 aliphatic heterocycles. The molecule has 1 aromatic heterocycles. The summed E-state index contributed by atoms with van der Waals surface area (Å²) < 4.78 is 0. The number of anilines is 2. The fraction of sp³-hybridized carbons (Fsp3) is 0.154. The van der Waals surface area contributed by atoms with Crippen LogP contribution in [0.25, 0.3) is 0 Å². The third kappa shape index (κ3) is 2.34. The van der Waals surface area contributed by atoms with Crippen molar-refractivity contribution in [3.63, 3.8) is 0 Å². The second-order valence-corrected chi connectivity index (χ2v) is 3.66. The molecule has 2 rings (SSSR count). The summed E-state index contributed by atoms with van der Waals surface area (Å²) in [6.07, 6.45) is 1.78. The smallest absolute Gasteiger partial charge is 0.130 e. The van der Waals surface area contributed by atoms with E-state index in [1.54, 1.807) is 6.20 Å². The molecule has 15 heavy (non-hydrogen) atoms. The van der Waals surface area contributed by atoms with Crippen LogP contribution in [0, 0.1) is 13.8 Å². The van der Waals surface area contributed by atoms with Gasteiger partial charge in [0.25, 0.3) is 0 Å². The minimum Gasteiger partial charge on any atom is -0.340 e. The number of hydrogen-bond donors (Lipinski definition) is 1. The van der Waals surface area contributed by atoms with Crippen molar-refractivity contribution in [3.05, 3.63) is 53.7 Å². The van der Waals surface area contributed by atoms with Gasteiger partial charge >= 0.3 is 0 Å². The number of nitrogens with one attached hydrogen (secondary N) is 1. The first kappa shape index (κ1) is 9.71. The van der Waals surface area contributed by atoms with E-state index < -0.39 is 0 Å². The van der Waals surface area contributed by atoms with E-state index in [2.05, 4.69) is 42.3 Å². The van der Waals surface area contributed by atoms with Crippen LogP contribution in [0.2, 0.25) is 0 Å². The molecule has 1 N–H and O–H groups in total. The first-order valence-electron chi connectivity index (χ1n) is 5.01. The fourth-order valence-corrected chi connectivity index (χ4v) is 1.53. The van der Waals surface area contributed by atoms with Gasteiger partial charge in [-0.1, -0.05) is 23.8 Å². The Morgan fingerprint density at radius 3 is 2.60 bits per heavy atom. The number of aromatic nitrogens is 1. The van der Waals surface area contributed by atoms with Gasteiger partial charge in [0.15, 0.2) is 0 Å². The van der Waals surface area contributed by atoms with Crippen LogP contribution in [-0.2, 0) is 0 Å². The Morgan fingerprint density at radius 1 is 1.07 bits per heavy atom. The molecular formula is C13H14N2. The van der Waals surface area contributed by atoms with Gasteiger partial charge in [0.1, 0.15) is 5.82 Å². The monoisotopic (exact) mass is 198 g/mol. The van der Waals surface area contributed by atoms with Crippen molar-refractivity contribution < 1.29 is 0 Å². The van der Waals surface area contributed by atoms with Gasteiger partial charge in [-0.25, -0.2) is 4.98 Å². The van der Waals surface area contributed by atoms with Gasteiger partial charge in [0.05, 0.1) is 0 Å². The summed E-state index contributed by atoms with van der Waals surface area (Å²) >= 11 is 0. The average molecular weight is 198 g/mol. The molecule has 0 aliphatic carbocycles. The molecule has 0 radical (unpaired) electrons. The molecule has 0 atom stereocenters. The zero-order valence-corrected chi connectivity index (χ0v) is 8.99. The lowest BCUT2D eigenvalue weighted by Gasteiger charge is -2.08. The van der Waals surface area contributed by atoms with E-state index in [1.807, 2.05) is 18.2 Å². The normalized spacial score (nSPS) is 10.0. The first-order chi connectivity index (χ1) is 7.25. The first-order valence-corrected chi connectivity index (χ1v) is 5.01. The highest BCUT2D eigenvalue weighted by Gasteiger charge is 1.98. The van der Waals surface area contributed by atoms with Gasteiger partial charge in [-0.2, -0.15) is 0 Å². The van der Waals surface area contributed by atoms with Crippen LogP contribution in [0.15, 0.2) is 42.6 Å². The SMILES string of the molecule is Cc1ccc(Nc2ccccn2)c(C)c1. The molecule has 2 heteroatoms. The molecule has 0 spiro atoms. The van der Waals surface area contributed by atoms with Crippen LogP contribution < -0.4 is 5.32 Å². The van der Waals surface area contributed by atoms with E-state index in [-0.39, 0.29) is 0 Å². The summed E-state index contributed by atoms with van der Waals surface area (Å²) in [5.74, 6) is 0.879. The lowest BCUT2D eigenvalue weighted by molar-refractivity contribution is 1.29. The maximum absolute atomic E-state index is 4.23. The summed E-state index contributed by atoms with van der Waals surface area (Å²) in [6.45, 7) is 4.19. The van der Waals surface area contributed by atoms with Crippen molar-refractivity contribution >= 4 is 11.5 Å². The fourth-order valence-electron chi connectivity index (χ4n) is 1.53. The molecule has 0 aliphatic rings. The van der Waals surface area contributed by atoms with Gasteiger partial charge in [-0.15, -0.1) is 0 Å². The second-order valence-electron chi connectivity index (χ2n) is 3.66. The Kier molecular flexibility index (Phi) is 2.68. The molecular weight excluding hydrogens is 184 g/mol.